The number of nitrogens with one attached hydrogen (secondary N) is 3. The second-order valence-electron chi connectivity index (χ2n) is 8.62. The predicted octanol–water partition coefficient (Wildman–Crippen LogP) is -0.0606. The van der Waals surface area contributed by atoms with E-state index in [1.54, 1.807) is 9.80 Å². The highest BCUT2D eigenvalue weighted by Crippen LogP contribution is 2.14. The Labute approximate surface area is 174 Å². The van der Waals surface area contributed by atoms with Gasteiger partial charge in [0, 0.05) is 28.9 Å². The topological polar surface area (TPSA) is 13.3 Å². The fourth-order valence-corrected chi connectivity index (χ4v) is 5.45. The highest BCUT2D eigenvalue weighted by atomic mass is 32.2. The molecule has 0 aromatic heterocycles. The van der Waals surface area contributed by atoms with Gasteiger partial charge in [-0.3, -0.25) is 0 Å². The third-order valence-corrected chi connectivity index (χ3v) is 7.52. The summed E-state index contributed by atoms with van der Waals surface area (Å²) < 4.78 is 0. The molecule has 0 bridgehead atoms. The van der Waals surface area contributed by atoms with Crippen molar-refractivity contribution in [3.8, 4) is 0 Å². The molecule has 3 N–H and O–H groups in total. The molecular weight excluding hydrogens is 362 g/mol. The molecule has 28 heavy (non-hydrogen) atoms. The van der Waals surface area contributed by atoms with E-state index in [0.29, 0.717) is 0 Å². The van der Waals surface area contributed by atoms with E-state index < -0.39 is 0 Å². The number of piperidine rings is 1. The van der Waals surface area contributed by atoms with Crippen LogP contribution < -0.4 is 14.7 Å². The van der Waals surface area contributed by atoms with Gasteiger partial charge in [0.05, 0.1) is 19.1 Å². The molecule has 2 aromatic rings. The number of thioether (sulfide) groups is 1. The van der Waals surface area contributed by atoms with Crippen LogP contribution in [0, 0.1) is 0 Å². The van der Waals surface area contributed by atoms with Crippen LogP contribution in [0.3, 0.4) is 0 Å². The molecule has 150 valence electrons. The van der Waals surface area contributed by atoms with Gasteiger partial charge in [0.15, 0.2) is 0 Å². The monoisotopic (exact) mass is 398 g/mol. The van der Waals surface area contributed by atoms with Crippen LogP contribution in [0.15, 0.2) is 59.5 Å². The van der Waals surface area contributed by atoms with Crippen molar-refractivity contribution in [3.05, 3.63) is 65.7 Å². The molecule has 3 nitrogen and oxygen atoms in total. The number of quaternary nitrogens is 3. The largest absolute Gasteiger partial charge is 0.331 e. The van der Waals surface area contributed by atoms with Crippen LogP contribution in [0.25, 0.3) is 0 Å². The smallest absolute Gasteiger partial charge is 0.127 e. The summed E-state index contributed by atoms with van der Waals surface area (Å²) >= 11 is 1.83. The van der Waals surface area contributed by atoms with Crippen molar-refractivity contribution < 1.29 is 14.7 Å². The van der Waals surface area contributed by atoms with Crippen LogP contribution >= 0.6 is 11.8 Å². The van der Waals surface area contributed by atoms with Gasteiger partial charge in [0.2, 0.25) is 0 Å². The Bertz CT molecular complexity index is 702. The molecule has 0 saturated carbocycles. The molecule has 2 aliphatic heterocycles. The van der Waals surface area contributed by atoms with Crippen LogP contribution in [0.1, 0.15) is 24.0 Å². The molecule has 2 heterocycles. The van der Waals surface area contributed by atoms with Gasteiger partial charge in [-0.05, 0) is 18.4 Å². The molecule has 0 aliphatic carbocycles. The zero-order valence-corrected chi connectivity index (χ0v) is 18.1. The summed E-state index contributed by atoms with van der Waals surface area (Å²) in [5.41, 5.74) is 2.99. The fourth-order valence-electron chi connectivity index (χ4n) is 5.04. The molecule has 2 aliphatic rings. The number of piperazine rings is 1. The summed E-state index contributed by atoms with van der Waals surface area (Å²) in [5, 5.41) is 0. The van der Waals surface area contributed by atoms with Gasteiger partial charge in [-0.15, -0.1) is 11.8 Å². The van der Waals surface area contributed by atoms with Crippen LogP contribution in [-0.4, -0.2) is 51.6 Å². The van der Waals surface area contributed by atoms with Gasteiger partial charge in [-0.25, -0.2) is 0 Å². The lowest BCUT2D eigenvalue weighted by molar-refractivity contribution is -1.04. The van der Waals surface area contributed by atoms with Crippen molar-refractivity contribution in [1.29, 1.82) is 0 Å². The highest BCUT2D eigenvalue weighted by Gasteiger charge is 2.33. The third kappa shape index (κ3) is 5.38. The Morgan fingerprint density at radius 1 is 0.714 bits per heavy atom. The Kier molecular flexibility index (Phi) is 7.08. The standard InChI is InChI=1S/C24H33N3S/c1-28-24-9-7-22(8-10-24)20-26-15-17-27(18-16-26)23-11-13-25(14-12-23)19-21-5-3-2-4-6-21/h2-10,23H,11-20H2,1H3/p+3. The highest BCUT2D eigenvalue weighted by molar-refractivity contribution is 7.98. The average molecular weight is 399 g/mol. The summed E-state index contributed by atoms with van der Waals surface area (Å²) in [6.45, 7) is 10.5. The summed E-state index contributed by atoms with van der Waals surface area (Å²) in [6, 6.07) is 21.1. The number of hydrogen-bond acceptors (Lipinski definition) is 1. The van der Waals surface area contributed by atoms with Crippen LogP contribution in [0.2, 0.25) is 0 Å². The molecule has 0 spiro atoms. The van der Waals surface area contributed by atoms with E-state index >= 15 is 0 Å². The Morgan fingerprint density at radius 2 is 1.29 bits per heavy atom. The van der Waals surface area contributed by atoms with Gasteiger partial charge < -0.3 is 14.7 Å². The average Bonchev–Trinajstić information content (AvgIpc) is 2.76. The number of benzene rings is 2. The molecule has 0 atom stereocenters. The maximum Gasteiger partial charge on any atom is 0.127 e. The van der Waals surface area contributed by atoms with E-state index in [0.717, 1.165) is 6.04 Å². The van der Waals surface area contributed by atoms with Crippen LogP contribution in [-0.2, 0) is 13.1 Å². The molecule has 4 rings (SSSR count). The third-order valence-electron chi connectivity index (χ3n) is 6.78. The van der Waals surface area contributed by atoms with E-state index in [2.05, 4.69) is 60.9 Å². The lowest BCUT2D eigenvalue weighted by Crippen LogP contribution is -3.30. The Morgan fingerprint density at radius 3 is 1.89 bits per heavy atom. The fraction of sp³-hybridized carbons (Fsp3) is 0.500. The second kappa shape index (κ2) is 9.93. The van der Waals surface area contributed by atoms with E-state index in [-0.39, 0.29) is 0 Å². The molecule has 2 aromatic carbocycles. The van der Waals surface area contributed by atoms with Crippen molar-refractivity contribution in [2.75, 3.05) is 45.5 Å². The van der Waals surface area contributed by atoms with Crippen molar-refractivity contribution in [2.45, 2.75) is 36.9 Å². The predicted molar refractivity (Wildman–Crippen MR) is 117 cm³/mol. The van der Waals surface area contributed by atoms with Crippen molar-refractivity contribution in [3.63, 3.8) is 0 Å². The number of likely N-dealkylation sites (tertiary alicyclic amines) is 1. The zero-order valence-electron chi connectivity index (χ0n) is 17.3. The summed E-state index contributed by atoms with van der Waals surface area (Å²) in [5.74, 6) is 0. The zero-order chi connectivity index (χ0) is 19.2. The van der Waals surface area contributed by atoms with Gasteiger partial charge in [-0.2, -0.15) is 0 Å². The molecule has 4 heteroatoms. The normalized spacial score (nSPS) is 28.2. The van der Waals surface area contributed by atoms with Gasteiger partial charge in [-0.1, -0.05) is 42.5 Å². The Balaban J connectivity index is 1.19. The van der Waals surface area contributed by atoms with E-state index in [9.17, 15) is 0 Å². The minimum absolute atomic E-state index is 0.905. The van der Waals surface area contributed by atoms with Gasteiger partial charge in [0.1, 0.15) is 39.3 Å². The second-order valence-corrected chi connectivity index (χ2v) is 9.50. The molecule has 0 unspecified atom stereocenters. The first-order valence-electron chi connectivity index (χ1n) is 11.0. The SMILES string of the molecule is CSc1ccc(C[NH+]2CC[NH+](C3CC[NH+](Cc4ccccc4)CC3)CC2)cc1. The van der Waals surface area contributed by atoms with Crippen molar-refractivity contribution in [1.82, 2.24) is 0 Å². The maximum atomic E-state index is 2.32. The first kappa shape index (κ1) is 20.0. The summed E-state index contributed by atoms with van der Waals surface area (Å²) in [4.78, 5) is 6.81. The quantitative estimate of drug-likeness (QED) is 0.580. The van der Waals surface area contributed by atoms with Crippen molar-refractivity contribution >= 4 is 11.8 Å². The number of rotatable bonds is 6. The first-order valence-corrected chi connectivity index (χ1v) is 12.2. The van der Waals surface area contributed by atoms with Crippen LogP contribution in [0.4, 0.5) is 0 Å². The van der Waals surface area contributed by atoms with Crippen molar-refractivity contribution in [2.24, 2.45) is 0 Å². The van der Waals surface area contributed by atoms with Gasteiger partial charge in [0.25, 0.3) is 0 Å². The molecule has 2 saturated heterocycles. The van der Waals surface area contributed by atoms with E-state index in [1.807, 2.05) is 16.7 Å². The minimum atomic E-state index is 0.905. The lowest BCUT2D eigenvalue weighted by atomic mass is 10.0. The Hall–Kier alpha value is -1.33. The molecule has 2 fully saturated rings. The van der Waals surface area contributed by atoms with Gasteiger partial charge >= 0.3 is 0 Å². The summed E-state index contributed by atoms with van der Waals surface area (Å²) in [6.07, 6.45) is 4.96. The van der Waals surface area contributed by atoms with E-state index in [1.165, 1.54) is 81.2 Å². The van der Waals surface area contributed by atoms with E-state index in [4.69, 9.17) is 0 Å². The maximum absolute atomic E-state index is 2.32. The molecular formula is C24H36N3S+3. The summed E-state index contributed by atoms with van der Waals surface area (Å²) in [7, 11) is 0. The minimum Gasteiger partial charge on any atom is -0.331 e. The molecule has 0 radical (unpaired) electrons. The first-order chi connectivity index (χ1) is 13.8. The van der Waals surface area contributed by atoms with Crippen LogP contribution in [0.5, 0.6) is 0 Å². The molecule has 0 amide bonds. The lowest BCUT2D eigenvalue weighted by Gasteiger charge is -2.37. The number of hydrogen-bond donors (Lipinski definition) is 3.